The minimum absolute atomic E-state index is 0.0913. The van der Waals surface area contributed by atoms with Gasteiger partial charge in [-0.15, -0.1) is 10.2 Å². The van der Waals surface area contributed by atoms with E-state index in [0.29, 0.717) is 17.0 Å². The topological polar surface area (TPSA) is 146 Å². The Morgan fingerprint density at radius 2 is 2.09 bits per heavy atom. The Balaban J connectivity index is 1.59. The van der Waals surface area contributed by atoms with Crippen LogP contribution in [-0.4, -0.2) is 32.8 Å². The molecular formula is C22H19N5O6. The lowest BCUT2D eigenvalue weighted by Gasteiger charge is -2.10. The molecule has 11 nitrogen and oxygen atoms in total. The first-order chi connectivity index (χ1) is 16.0. The summed E-state index contributed by atoms with van der Waals surface area (Å²) in [7, 11) is 1.40. The van der Waals surface area contributed by atoms with Crippen molar-refractivity contribution < 1.29 is 23.6 Å². The minimum Gasteiger partial charge on any atom is -0.493 e. The Bertz CT molecular complexity index is 1280. The third kappa shape index (κ3) is 4.59. The van der Waals surface area contributed by atoms with E-state index in [1.165, 1.54) is 13.2 Å². The molecule has 1 aliphatic rings. The first kappa shape index (κ1) is 21.8. The molecule has 0 saturated heterocycles. The lowest BCUT2D eigenvalue weighted by atomic mass is 10.1. The summed E-state index contributed by atoms with van der Waals surface area (Å²) in [5.41, 5.74) is 0.980. The number of carbonyl (C=O) groups excluding carboxylic acids is 1. The van der Waals surface area contributed by atoms with Crippen molar-refractivity contribution in [1.29, 1.82) is 5.26 Å². The first-order valence-corrected chi connectivity index (χ1v) is 10.2. The molecule has 33 heavy (non-hydrogen) atoms. The zero-order valence-corrected chi connectivity index (χ0v) is 17.7. The van der Waals surface area contributed by atoms with Crippen LogP contribution in [0.2, 0.25) is 0 Å². The summed E-state index contributed by atoms with van der Waals surface area (Å²) in [6.45, 7) is 0.764. The monoisotopic (exact) mass is 449 g/mol. The van der Waals surface area contributed by atoms with E-state index in [-0.39, 0.29) is 17.3 Å². The van der Waals surface area contributed by atoms with Crippen LogP contribution in [0.15, 0.2) is 34.7 Å². The van der Waals surface area contributed by atoms with Crippen LogP contribution in [0.5, 0.6) is 11.5 Å². The van der Waals surface area contributed by atoms with E-state index in [1.54, 1.807) is 18.2 Å². The van der Waals surface area contributed by atoms with Gasteiger partial charge in [-0.3, -0.25) is 10.1 Å². The molecule has 3 aromatic rings. The number of carbonyl (C=O) groups is 1. The van der Waals surface area contributed by atoms with E-state index in [1.807, 2.05) is 4.57 Å². The summed E-state index contributed by atoms with van der Waals surface area (Å²) in [4.78, 5) is 22.3. The van der Waals surface area contributed by atoms with Crippen molar-refractivity contribution in [3.63, 3.8) is 0 Å². The summed E-state index contributed by atoms with van der Waals surface area (Å²) in [6.07, 6.45) is 5.65. The zero-order valence-electron chi connectivity index (χ0n) is 17.7. The molecule has 0 fully saturated rings. The molecule has 0 amide bonds. The van der Waals surface area contributed by atoms with E-state index in [4.69, 9.17) is 13.9 Å². The van der Waals surface area contributed by atoms with E-state index in [2.05, 4.69) is 16.3 Å². The fourth-order valence-electron chi connectivity index (χ4n) is 3.54. The van der Waals surface area contributed by atoms with Gasteiger partial charge in [0.15, 0.2) is 17.3 Å². The third-order valence-corrected chi connectivity index (χ3v) is 5.15. The maximum absolute atomic E-state index is 12.3. The fourth-order valence-corrected chi connectivity index (χ4v) is 3.54. The lowest BCUT2D eigenvalue weighted by Crippen LogP contribution is -2.08. The predicted molar refractivity (Wildman–Crippen MR) is 114 cm³/mol. The van der Waals surface area contributed by atoms with Gasteiger partial charge in [0.1, 0.15) is 16.8 Å². The molecule has 0 aliphatic carbocycles. The summed E-state index contributed by atoms with van der Waals surface area (Å²) in [5, 5.41) is 28.9. The molecule has 1 aromatic carbocycles. The van der Waals surface area contributed by atoms with Gasteiger partial charge in [0.05, 0.1) is 18.7 Å². The Morgan fingerprint density at radius 1 is 1.24 bits per heavy atom. The predicted octanol–water partition coefficient (Wildman–Crippen LogP) is 3.80. The highest BCUT2D eigenvalue weighted by molar-refractivity contribution is 5.90. The Labute approximate surface area is 188 Å². The Morgan fingerprint density at radius 3 is 2.82 bits per heavy atom. The Kier molecular flexibility index (Phi) is 6.17. The Hall–Kier alpha value is -4.46. The van der Waals surface area contributed by atoms with Crippen molar-refractivity contribution in [2.75, 3.05) is 7.11 Å². The number of methoxy groups -OCH3 is 1. The van der Waals surface area contributed by atoms with Crippen LogP contribution in [-0.2, 0) is 13.0 Å². The fraction of sp³-hybridized carbons (Fsp3) is 0.273. The average molecular weight is 449 g/mol. The van der Waals surface area contributed by atoms with Crippen LogP contribution < -0.4 is 9.47 Å². The standard InChI is InChI=1S/C22H19N5O6/c1-31-18-12-14(6-7-16(18)33-22(28)17-8-9-20(32-17)27(29)30)11-15(13-23)21-25-24-19-5-3-2-4-10-26(19)21/h6-9,11-12H,2-5,10H2,1H3/b15-11+. The van der Waals surface area contributed by atoms with Gasteiger partial charge in [-0.25, -0.2) is 4.79 Å². The number of nitrogens with zero attached hydrogens (tertiary/aromatic N) is 5. The van der Waals surface area contributed by atoms with Crippen molar-refractivity contribution >= 4 is 23.5 Å². The van der Waals surface area contributed by atoms with E-state index in [0.717, 1.165) is 50.2 Å². The third-order valence-electron chi connectivity index (χ3n) is 5.15. The van der Waals surface area contributed by atoms with Crippen molar-refractivity contribution in [2.24, 2.45) is 0 Å². The molecular weight excluding hydrogens is 430 g/mol. The number of rotatable bonds is 6. The number of furan rings is 1. The number of nitro groups is 1. The molecule has 0 bridgehead atoms. The maximum atomic E-state index is 12.3. The smallest absolute Gasteiger partial charge is 0.433 e. The van der Waals surface area contributed by atoms with Crippen molar-refractivity contribution in [3.8, 4) is 17.6 Å². The van der Waals surface area contributed by atoms with Gasteiger partial charge in [-0.1, -0.05) is 12.5 Å². The molecule has 0 radical (unpaired) electrons. The number of esters is 1. The van der Waals surface area contributed by atoms with Crippen LogP contribution in [0.1, 0.15) is 47.0 Å². The average Bonchev–Trinajstić information content (AvgIpc) is 3.40. The molecule has 4 rings (SSSR count). The molecule has 0 saturated carbocycles. The normalized spacial score (nSPS) is 13.5. The molecule has 3 heterocycles. The molecule has 168 valence electrons. The number of nitriles is 1. The van der Waals surface area contributed by atoms with Gasteiger partial charge in [0, 0.05) is 13.0 Å². The number of allylic oxidation sites excluding steroid dienone is 1. The highest BCUT2D eigenvalue weighted by atomic mass is 16.7. The summed E-state index contributed by atoms with van der Waals surface area (Å²) >= 11 is 0. The largest absolute Gasteiger partial charge is 0.493 e. The van der Waals surface area contributed by atoms with Gasteiger partial charge in [0.25, 0.3) is 0 Å². The number of benzene rings is 1. The van der Waals surface area contributed by atoms with Crippen molar-refractivity contribution in [3.05, 3.63) is 63.4 Å². The first-order valence-electron chi connectivity index (χ1n) is 10.2. The number of hydrogen-bond donors (Lipinski definition) is 0. The molecule has 0 unspecified atom stereocenters. The van der Waals surface area contributed by atoms with Crippen molar-refractivity contribution in [1.82, 2.24) is 14.8 Å². The second-order valence-electron chi connectivity index (χ2n) is 7.27. The zero-order chi connectivity index (χ0) is 23.4. The van der Waals surface area contributed by atoms with Gasteiger partial charge < -0.3 is 18.5 Å². The number of ether oxygens (including phenoxy) is 2. The van der Waals surface area contributed by atoms with E-state index >= 15 is 0 Å². The van der Waals surface area contributed by atoms with Gasteiger partial charge in [-0.2, -0.15) is 5.26 Å². The molecule has 0 N–H and O–H groups in total. The van der Waals surface area contributed by atoms with E-state index < -0.39 is 16.8 Å². The van der Waals surface area contributed by atoms with Crippen LogP contribution in [0, 0.1) is 21.4 Å². The minimum atomic E-state index is -0.909. The highest BCUT2D eigenvalue weighted by Gasteiger charge is 2.21. The van der Waals surface area contributed by atoms with Gasteiger partial charge >= 0.3 is 11.9 Å². The lowest BCUT2D eigenvalue weighted by molar-refractivity contribution is -0.402. The van der Waals surface area contributed by atoms with Crippen LogP contribution in [0.25, 0.3) is 11.6 Å². The molecule has 0 spiro atoms. The van der Waals surface area contributed by atoms with E-state index in [9.17, 15) is 20.2 Å². The second-order valence-corrected chi connectivity index (χ2v) is 7.27. The van der Waals surface area contributed by atoms with Gasteiger partial charge in [0.2, 0.25) is 5.76 Å². The summed E-state index contributed by atoms with van der Waals surface area (Å²) in [5.74, 6) is -0.0700. The van der Waals surface area contributed by atoms with Crippen molar-refractivity contribution in [2.45, 2.75) is 32.2 Å². The number of fused-ring (bicyclic) bond motifs is 1. The highest BCUT2D eigenvalue weighted by Crippen LogP contribution is 2.31. The number of aryl methyl sites for hydroxylation is 1. The summed E-state index contributed by atoms with van der Waals surface area (Å²) in [6, 6.07) is 9.15. The SMILES string of the molecule is COc1cc(/C=C(\C#N)c2nnc3n2CCCCC3)ccc1OC(=O)c1ccc([N+](=O)[O-])o1. The molecule has 1 aliphatic heterocycles. The maximum Gasteiger partial charge on any atom is 0.433 e. The van der Waals surface area contributed by atoms with Crippen LogP contribution >= 0.6 is 0 Å². The second kappa shape index (κ2) is 9.35. The van der Waals surface area contributed by atoms with Crippen LogP contribution in [0.3, 0.4) is 0 Å². The quantitative estimate of drug-likeness (QED) is 0.180. The summed E-state index contributed by atoms with van der Waals surface area (Å²) < 4.78 is 17.4. The molecule has 0 atom stereocenters. The molecule has 2 aromatic heterocycles. The van der Waals surface area contributed by atoms with Crippen LogP contribution in [0.4, 0.5) is 5.88 Å². The molecule has 11 heteroatoms. The number of aromatic nitrogens is 3. The number of hydrogen-bond acceptors (Lipinski definition) is 9. The van der Waals surface area contributed by atoms with Gasteiger partial charge in [-0.05, 0) is 42.7 Å².